The van der Waals surface area contributed by atoms with Crippen LogP contribution in [0.25, 0.3) is 108 Å². The van der Waals surface area contributed by atoms with Crippen molar-refractivity contribution in [2.75, 3.05) is 0 Å². The molecule has 0 aliphatic rings. The van der Waals surface area contributed by atoms with Crippen molar-refractivity contribution in [3.05, 3.63) is 182 Å². The van der Waals surface area contributed by atoms with E-state index < -0.39 is 0 Å². The van der Waals surface area contributed by atoms with E-state index in [0.717, 1.165) is 21.8 Å². The Morgan fingerprint density at radius 3 is 1.62 bits per heavy atom. The number of nitrogens with zero attached hydrogens (tertiary/aromatic N) is 2. The summed E-state index contributed by atoms with van der Waals surface area (Å²) < 4.78 is 2.69. The van der Waals surface area contributed by atoms with E-state index in [1.165, 1.54) is 86.2 Å². The first-order chi connectivity index (χ1) is 26.2. The number of rotatable bonds is 4. The van der Waals surface area contributed by atoms with E-state index in [9.17, 15) is 0 Å². The Hall–Kier alpha value is -6.68. The van der Waals surface area contributed by atoms with Gasteiger partial charge in [-0.05, 0) is 96.4 Å². The molecule has 9 aromatic carbocycles. The summed E-state index contributed by atoms with van der Waals surface area (Å²) in [6.45, 7) is 0. The van der Waals surface area contributed by atoms with Gasteiger partial charge in [-0.1, -0.05) is 140 Å². The van der Waals surface area contributed by atoms with Crippen LogP contribution >= 0.6 is 11.3 Å². The zero-order chi connectivity index (χ0) is 34.9. The first-order valence-corrected chi connectivity index (χ1v) is 18.8. The standard InChI is InChI=1S/C50H30N2S/c1-2-11-43-41(9-1)46-30-38(23-24-44(46)49-48(43)51-25-26-52-49)34-8-5-7-33(27-34)31-15-17-32(18-16-31)35-19-20-37-29-39(22-21-36(37)28-35)40-12-6-13-45-42-10-3-4-14-47(42)53-50(40)45/h1-30H. The molecule has 2 nitrogen and oxygen atoms in total. The van der Waals surface area contributed by atoms with Gasteiger partial charge in [0.05, 0.1) is 11.0 Å². The summed E-state index contributed by atoms with van der Waals surface area (Å²) in [6, 6.07) is 62.2. The van der Waals surface area contributed by atoms with Gasteiger partial charge in [-0.15, -0.1) is 11.3 Å². The second kappa shape index (κ2) is 11.9. The number of fused-ring (bicyclic) bond motifs is 10. The number of hydrogen-bond donors (Lipinski definition) is 0. The van der Waals surface area contributed by atoms with E-state index >= 15 is 0 Å². The molecule has 2 aromatic heterocycles. The topological polar surface area (TPSA) is 25.8 Å². The molecule has 0 atom stereocenters. The van der Waals surface area contributed by atoms with E-state index in [-0.39, 0.29) is 0 Å². The van der Waals surface area contributed by atoms with Gasteiger partial charge in [0.15, 0.2) is 0 Å². The summed E-state index contributed by atoms with van der Waals surface area (Å²) in [6.07, 6.45) is 3.56. The van der Waals surface area contributed by atoms with E-state index in [4.69, 9.17) is 4.98 Å². The number of hydrogen-bond acceptors (Lipinski definition) is 3. The van der Waals surface area contributed by atoms with Crippen molar-refractivity contribution >= 4 is 74.9 Å². The molecule has 11 aromatic rings. The van der Waals surface area contributed by atoms with Crippen LogP contribution in [0.15, 0.2) is 182 Å². The van der Waals surface area contributed by atoms with Crippen molar-refractivity contribution < 1.29 is 0 Å². The van der Waals surface area contributed by atoms with Gasteiger partial charge in [0.1, 0.15) is 0 Å². The van der Waals surface area contributed by atoms with Gasteiger partial charge in [0, 0.05) is 43.3 Å². The predicted octanol–water partition coefficient (Wildman–Crippen LogP) is 14.1. The first-order valence-electron chi connectivity index (χ1n) is 18.0. The molecular weight excluding hydrogens is 661 g/mol. The number of benzene rings is 9. The highest BCUT2D eigenvalue weighted by Gasteiger charge is 2.13. The summed E-state index contributed by atoms with van der Waals surface area (Å²) in [5.41, 5.74) is 11.6. The minimum atomic E-state index is 0.943. The van der Waals surface area contributed by atoms with Crippen molar-refractivity contribution in [1.82, 2.24) is 9.97 Å². The summed E-state index contributed by atoms with van der Waals surface area (Å²) >= 11 is 1.88. The van der Waals surface area contributed by atoms with E-state index in [2.05, 4.69) is 175 Å². The second-order valence-electron chi connectivity index (χ2n) is 13.8. The van der Waals surface area contributed by atoms with Gasteiger partial charge >= 0.3 is 0 Å². The Morgan fingerprint density at radius 1 is 0.321 bits per heavy atom. The largest absolute Gasteiger partial charge is 0.252 e. The maximum Gasteiger partial charge on any atom is 0.0971 e. The van der Waals surface area contributed by atoms with Crippen molar-refractivity contribution in [2.24, 2.45) is 0 Å². The lowest BCUT2D eigenvalue weighted by Gasteiger charge is -2.12. The highest BCUT2D eigenvalue weighted by atomic mass is 32.1. The van der Waals surface area contributed by atoms with Crippen molar-refractivity contribution in [2.45, 2.75) is 0 Å². The Labute approximate surface area is 310 Å². The molecule has 2 heterocycles. The van der Waals surface area contributed by atoms with Gasteiger partial charge in [0.2, 0.25) is 0 Å². The molecule has 0 fully saturated rings. The lowest BCUT2D eigenvalue weighted by atomic mass is 9.93. The van der Waals surface area contributed by atoms with Crippen molar-refractivity contribution in [3.63, 3.8) is 0 Å². The van der Waals surface area contributed by atoms with Crippen molar-refractivity contribution in [1.29, 1.82) is 0 Å². The van der Waals surface area contributed by atoms with E-state index in [0.29, 0.717) is 0 Å². The minimum absolute atomic E-state index is 0.943. The molecule has 0 amide bonds. The molecule has 0 bridgehead atoms. The quantitative estimate of drug-likeness (QED) is 0.172. The lowest BCUT2D eigenvalue weighted by molar-refractivity contribution is 1.31. The molecule has 0 N–H and O–H groups in total. The minimum Gasteiger partial charge on any atom is -0.252 e. The van der Waals surface area contributed by atoms with Crippen LogP contribution in [0.1, 0.15) is 0 Å². The Balaban J connectivity index is 0.904. The fourth-order valence-corrected chi connectivity index (χ4v) is 9.35. The van der Waals surface area contributed by atoms with Crippen molar-refractivity contribution in [3.8, 4) is 44.5 Å². The van der Waals surface area contributed by atoms with Crippen LogP contribution in [-0.2, 0) is 0 Å². The molecule has 0 aliphatic heterocycles. The zero-order valence-electron chi connectivity index (χ0n) is 28.6. The number of aromatic nitrogens is 2. The average Bonchev–Trinajstić information content (AvgIpc) is 3.62. The fourth-order valence-electron chi connectivity index (χ4n) is 8.11. The third kappa shape index (κ3) is 4.93. The van der Waals surface area contributed by atoms with Crippen LogP contribution in [0.2, 0.25) is 0 Å². The van der Waals surface area contributed by atoms with Crippen LogP contribution in [0.5, 0.6) is 0 Å². The lowest BCUT2D eigenvalue weighted by Crippen LogP contribution is -1.89. The molecule has 0 aliphatic carbocycles. The normalized spacial score (nSPS) is 11.8. The third-order valence-electron chi connectivity index (χ3n) is 10.7. The maximum absolute atomic E-state index is 4.73. The van der Waals surface area contributed by atoms with E-state index in [1.807, 2.05) is 11.3 Å². The third-order valence-corrected chi connectivity index (χ3v) is 12.0. The molecule has 53 heavy (non-hydrogen) atoms. The zero-order valence-corrected chi connectivity index (χ0v) is 29.4. The molecule has 0 radical (unpaired) electrons. The second-order valence-corrected chi connectivity index (χ2v) is 14.8. The number of thiophene rings is 1. The molecule has 3 heteroatoms. The SMILES string of the molecule is c1cc(-c2ccc(-c3ccc4cc(-c5cccc6c5sc5ccccc56)ccc4c3)cc2)cc(-c2ccc3c(c2)c2ccccc2c2nccnc32)c1. The van der Waals surface area contributed by atoms with E-state index in [1.54, 1.807) is 12.4 Å². The van der Waals surface area contributed by atoms with Crippen LogP contribution < -0.4 is 0 Å². The van der Waals surface area contributed by atoms with Crippen LogP contribution in [0.4, 0.5) is 0 Å². The van der Waals surface area contributed by atoms with Gasteiger partial charge < -0.3 is 0 Å². The molecule has 0 spiro atoms. The summed E-state index contributed by atoms with van der Waals surface area (Å²) in [7, 11) is 0. The van der Waals surface area contributed by atoms with Crippen LogP contribution in [0, 0.1) is 0 Å². The summed E-state index contributed by atoms with van der Waals surface area (Å²) in [5, 5.41) is 9.81. The highest BCUT2D eigenvalue weighted by Crippen LogP contribution is 2.41. The first kappa shape index (κ1) is 30.0. The summed E-state index contributed by atoms with van der Waals surface area (Å²) in [5.74, 6) is 0. The van der Waals surface area contributed by atoms with Gasteiger partial charge in [-0.3, -0.25) is 9.97 Å². The highest BCUT2D eigenvalue weighted by molar-refractivity contribution is 7.26. The average molecular weight is 691 g/mol. The van der Waals surface area contributed by atoms with Gasteiger partial charge in [-0.2, -0.15) is 0 Å². The van der Waals surface area contributed by atoms with Crippen LogP contribution in [0.3, 0.4) is 0 Å². The maximum atomic E-state index is 4.73. The predicted molar refractivity (Wildman–Crippen MR) is 227 cm³/mol. The smallest absolute Gasteiger partial charge is 0.0971 e. The van der Waals surface area contributed by atoms with Gasteiger partial charge in [-0.25, -0.2) is 0 Å². The monoisotopic (exact) mass is 690 g/mol. The molecule has 246 valence electrons. The molecule has 0 saturated carbocycles. The Bertz CT molecular complexity index is 3190. The molecular formula is C50H30N2S. The Kier molecular flexibility index (Phi) is 6.76. The molecule has 0 unspecified atom stereocenters. The van der Waals surface area contributed by atoms with Crippen LogP contribution in [-0.4, -0.2) is 9.97 Å². The summed E-state index contributed by atoms with van der Waals surface area (Å²) in [4.78, 5) is 9.42. The fraction of sp³-hybridized carbons (Fsp3) is 0. The Morgan fingerprint density at radius 2 is 0.849 bits per heavy atom. The van der Waals surface area contributed by atoms with Gasteiger partial charge in [0.25, 0.3) is 0 Å². The molecule has 0 saturated heterocycles. The molecule has 11 rings (SSSR count).